The van der Waals surface area contributed by atoms with Crippen LogP contribution in [-0.4, -0.2) is 49.6 Å². The van der Waals surface area contributed by atoms with Gasteiger partial charge in [-0.05, 0) is 11.0 Å². The molecule has 3 atom stereocenters. The summed E-state index contributed by atoms with van der Waals surface area (Å²) in [6, 6.07) is 0. The van der Waals surface area contributed by atoms with Crippen molar-refractivity contribution in [2.75, 3.05) is 0 Å². The van der Waals surface area contributed by atoms with E-state index in [4.69, 9.17) is 20.4 Å². The van der Waals surface area contributed by atoms with E-state index in [2.05, 4.69) is 0 Å². The van der Waals surface area contributed by atoms with Crippen LogP contribution in [0.25, 0.3) is 0 Å². The van der Waals surface area contributed by atoms with Gasteiger partial charge in [-0.25, -0.2) is 0 Å². The Balaban J connectivity index is 3.04. The van der Waals surface area contributed by atoms with Crippen LogP contribution in [-0.2, 0) is 19.2 Å². The summed E-state index contributed by atoms with van der Waals surface area (Å²) >= 11 is 0. The fourth-order valence-electron chi connectivity index (χ4n) is 1.88. The second-order valence-corrected chi connectivity index (χ2v) is 6.55. The van der Waals surface area contributed by atoms with Crippen molar-refractivity contribution < 1.29 is 39.6 Å². The first-order chi connectivity index (χ1) is 9.73. The molecule has 116 valence electrons. The molecule has 0 radical (unpaired) electrons. The van der Waals surface area contributed by atoms with E-state index < -0.39 is 53.8 Å². The van der Waals surface area contributed by atoms with Crippen molar-refractivity contribution in [3.8, 4) is 0 Å². The second kappa shape index (κ2) is 7.36. The molecule has 21 heavy (non-hydrogen) atoms. The molecule has 0 aromatic rings. The Morgan fingerprint density at radius 1 is 1.00 bits per heavy atom. The summed E-state index contributed by atoms with van der Waals surface area (Å²) in [5, 5.41) is 36.3. The Bertz CT molecular complexity index is 500. The molecule has 0 spiro atoms. The highest BCUT2D eigenvalue weighted by atomic mass is 33.1. The first kappa shape index (κ1) is 17.4. The van der Waals surface area contributed by atoms with Crippen LogP contribution in [0.5, 0.6) is 0 Å². The van der Waals surface area contributed by atoms with E-state index >= 15 is 0 Å². The first-order valence-corrected chi connectivity index (χ1v) is 7.93. The molecular formula is C11H12O8S2. The van der Waals surface area contributed by atoms with Crippen LogP contribution in [0.15, 0.2) is 11.0 Å². The van der Waals surface area contributed by atoms with Crippen LogP contribution >= 0.6 is 21.6 Å². The van der Waals surface area contributed by atoms with Gasteiger partial charge in [0, 0.05) is 0 Å². The van der Waals surface area contributed by atoms with Gasteiger partial charge in [0.15, 0.2) is 0 Å². The van der Waals surface area contributed by atoms with E-state index in [-0.39, 0.29) is 5.57 Å². The van der Waals surface area contributed by atoms with E-state index in [0.717, 1.165) is 21.6 Å². The highest BCUT2D eigenvalue weighted by Gasteiger charge is 2.41. The average Bonchev–Trinajstić information content (AvgIpc) is 2.80. The quantitative estimate of drug-likeness (QED) is 0.472. The van der Waals surface area contributed by atoms with E-state index in [9.17, 15) is 19.2 Å². The SMILES string of the molecule is O=C(O)CC(C(=O)O)C1=CSSC1C(CC(=O)O)C(=O)O. The summed E-state index contributed by atoms with van der Waals surface area (Å²) in [5.41, 5.74) is 0.133. The van der Waals surface area contributed by atoms with Gasteiger partial charge in [-0.3, -0.25) is 19.2 Å². The summed E-state index contributed by atoms with van der Waals surface area (Å²) < 4.78 is 0. The molecule has 8 nitrogen and oxygen atoms in total. The molecule has 0 saturated carbocycles. The summed E-state index contributed by atoms with van der Waals surface area (Å²) in [6.45, 7) is 0. The van der Waals surface area contributed by atoms with Gasteiger partial charge in [0.25, 0.3) is 0 Å². The van der Waals surface area contributed by atoms with E-state index in [1.165, 1.54) is 5.41 Å². The van der Waals surface area contributed by atoms with Gasteiger partial charge < -0.3 is 20.4 Å². The van der Waals surface area contributed by atoms with Crippen molar-refractivity contribution in [1.82, 2.24) is 0 Å². The van der Waals surface area contributed by atoms with Crippen molar-refractivity contribution in [2.24, 2.45) is 11.8 Å². The van der Waals surface area contributed by atoms with Gasteiger partial charge in [-0.1, -0.05) is 21.6 Å². The molecule has 10 heteroatoms. The Hall–Kier alpha value is -1.68. The minimum atomic E-state index is -1.38. The van der Waals surface area contributed by atoms with Crippen molar-refractivity contribution in [2.45, 2.75) is 18.1 Å². The lowest BCUT2D eigenvalue weighted by atomic mass is 9.87. The smallest absolute Gasteiger partial charge is 0.311 e. The molecule has 1 heterocycles. The molecule has 4 N–H and O–H groups in total. The van der Waals surface area contributed by atoms with Crippen molar-refractivity contribution in [3.63, 3.8) is 0 Å². The van der Waals surface area contributed by atoms with Crippen LogP contribution in [0.2, 0.25) is 0 Å². The molecule has 0 aromatic carbocycles. The van der Waals surface area contributed by atoms with Crippen LogP contribution in [0.1, 0.15) is 12.8 Å². The van der Waals surface area contributed by atoms with Gasteiger partial charge in [-0.2, -0.15) is 0 Å². The highest BCUT2D eigenvalue weighted by molar-refractivity contribution is 8.78. The summed E-state index contributed by atoms with van der Waals surface area (Å²) in [5.74, 6) is -8.06. The maximum atomic E-state index is 11.2. The molecule has 3 unspecified atom stereocenters. The monoisotopic (exact) mass is 336 g/mol. The molecule has 1 aliphatic rings. The van der Waals surface area contributed by atoms with E-state index in [1.54, 1.807) is 0 Å². The minimum Gasteiger partial charge on any atom is -0.481 e. The number of hydrogen-bond donors (Lipinski definition) is 4. The van der Waals surface area contributed by atoms with Crippen LogP contribution < -0.4 is 0 Å². The van der Waals surface area contributed by atoms with Gasteiger partial charge in [0.1, 0.15) is 0 Å². The average molecular weight is 336 g/mol. The minimum absolute atomic E-state index is 0.133. The predicted molar refractivity (Wildman–Crippen MR) is 73.8 cm³/mol. The zero-order chi connectivity index (χ0) is 16.2. The molecular weight excluding hydrogens is 324 g/mol. The maximum Gasteiger partial charge on any atom is 0.311 e. The van der Waals surface area contributed by atoms with Crippen LogP contribution in [0.3, 0.4) is 0 Å². The zero-order valence-corrected chi connectivity index (χ0v) is 12.1. The lowest BCUT2D eigenvalue weighted by Crippen LogP contribution is -2.33. The van der Waals surface area contributed by atoms with Crippen LogP contribution in [0, 0.1) is 11.8 Å². The Morgan fingerprint density at radius 2 is 1.57 bits per heavy atom. The number of carboxylic acids is 4. The molecule has 0 aromatic heterocycles. The largest absolute Gasteiger partial charge is 0.481 e. The van der Waals surface area contributed by atoms with Crippen molar-refractivity contribution >= 4 is 45.5 Å². The molecule has 0 aliphatic carbocycles. The number of hydrogen-bond acceptors (Lipinski definition) is 6. The predicted octanol–water partition coefficient (Wildman–Crippen LogP) is 0.985. The third-order valence-electron chi connectivity index (χ3n) is 2.83. The van der Waals surface area contributed by atoms with Gasteiger partial charge in [0.05, 0.1) is 29.9 Å². The normalized spacial score (nSPS) is 20.4. The fraction of sp³-hybridized carbons (Fsp3) is 0.455. The number of rotatable bonds is 8. The summed E-state index contributed by atoms with van der Waals surface area (Å²) in [6.07, 6.45) is -1.34. The highest BCUT2D eigenvalue weighted by Crippen LogP contribution is 2.48. The Kier molecular flexibility index (Phi) is 6.09. The van der Waals surface area contributed by atoms with E-state index in [1.807, 2.05) is 0 Å². The lowest BCUT2D eigenvalue weighted by molar-refractivity contribution is -0.148. The molecule has 0 amide bonds. The Morgan fingerprint density at radius 3 is 2.00 bits per heavy atom. The summed E-state index contributed by atoms with van der Waals surface area (Å²) in [4.78, 5) is 43.9. The fourth-order valence-corrected chi connectivity index (χ4v) is 4.85. The summed E-state index contributed by atoms with van der Waals surface area (Å²) in [7, 11) is 2.10. The third-order valence-corrected chi connectivity index (χ3v) is 5.36. The topological polar surface area (TPSA) is 149 Å². The van der Waals surface area contributed by atoms with Gasteiger partial charge in [0.2, 0.25) is 0 Å². The van der Waals surface area contributed by atoms with E-state index in [0.29, 0.717) is 0 Å². The molecule has 0 bridgehead atoms. The number of carboxylic acid groups (broad SMARTS) is 4. The second-order valence-electron chi connectivity index (χ2n) is 4.26. The first-order valence-electron chi connectivity index (χ1n) is 5.65. The Labute approximate surface area is 126 Å². The van der Waals surface area contributed by atoms with Crippen molar-refractivity contribution in [3.05, 3.63) is 11.0 Å². The van der Waals surface area contributed by atoms with Crippen LogP contribution in [0.4, 0.5) is 0 Å². The number of aliphatic carboxylic acids is 4. The number of carbonyl (C=O) groups is 4. The van der Waals surface area contributed by atoms with Gasteiger partial charge in [-0.15, -0.1) is 0 Å². The lowest BCUT2D eigenvalue weighted by Gasteiger charge is -2.23. The molecule has 1 rings (SSSR count). The van der Waals surface area contributed by atoms with Crippen molar-refractivity contribution in [1.29, 1.82) is 0 Å². The molecule has 0 saturated heterocycles. The standard InChI is InChI=1S/C11H12O8S2/c12-7(13)1-4(10(16)17)6-3-20-21-9(6)5(11(18)19)2-8(14)15/h3-5,9H,1-2H2,(H,12,13)(H,14,15)(H,16,17)(H,18,19). The third kappa shape index (κ3) is 4.67. The molecule has 1 aliphatic heterocycles. The zero-order valence-electron chi connectivity index (χ0n) is 10.5. The maximum absolute atomic E-state index is 11.2. The van der Waals surface area contributed by atoms with Gasteiger partial charge >= 0.3 is 23.9 Å². The molecule has 0 fully saturated rings.